The summed E-state index contributed by atoms with van der Waals surface area (Å²) >= 11 is 3.31. The van der Waals surface area contributed by atoms with Crippen LogP contribution in [0.4, 0.5) is 0 Å². The van der Waals surface area contributed by atoms with Gasteiger partial charge in [0.1, 0.15) is 5.60 Å². The van der Waals surface area contributed by atoms with Crippen LogP contribution in [0.25, 0.3) is 0 Å². The second-order valence-electron chi connectivity index (χ2n) is 6.09. The standard InChI is InChI=1S/C12H19BrN2O3SSi/c1-20(2,3)18-12(4-6-19(16,17)7-5-12)11-14-8-10(13)9-15-11/h8-9H,4-7H2,1-3H3. The van der Waals surface area contributed by atoms with Crippen molar-refractivity contribution in [2.75, 3.05) is 11.5 Å². The van der Waals surface area contributed by atoms with Crippen LogP contribution in [0.15, 0.2) is 16.9 Å². The molecule has 1 aromatic heterocycles. The Morgan fingerprint density at radius 3 is 2.15 bits per heavy atom. The van der Waals surface area contributed by atoms with Gasteiger partial charge < -0.3 is 4.43 Å². The van der Waals surface area contributed by atoms with E-state index in [9.17, 15) is 8.42 Å². The van der Waals surface area contributed by atoms with Gasteiger partial charge in [-0.1, -0.05) is 0 Å². The molecule has 8 heteroatoms. The Bertz CT molecular complexity index is 570. The molecule has 0 bridgehead atoms. The lowest BCUT2D eigenvalue weighted by Gasteiger charge is -2.40. The molecule has 20 heavy (non-hydrogen) atoms. The molecule has 112 valence electrons. The maximum Gasteiger partial charge on any atom is 0.185 e. The van der Waals surface area contributed by atoms with Gasteiger partial charge in [-0.2, -0.15) is 0 Å². The quantitative estimate of drug-likeness (QED) is 0.755. The summed E-state index contributed by atoms with van der Waals surface area (Å²) in [5.41, 5.74) is -0.656. The fourth-order valence-corrected chi connectivity index (χ4v) is 5.53. The summed E-state index contributed by atoms with van der Waals surface area (Å²) in [5.74, 6) is 0.867. The molecule has 0 N–H and O–H groups in total. The summed E-state index contributed by atoms with van der Waals surface area (Å²) < 4.78 is 30.5. The van der Waals surface area contributed by atoms with Gasteiger partial charge in [-0.15, -0.1) is 0 Å². The summed E-state index contributed by atoms with van der Waals surface area (Å²) in [6.07, 6.45) is 4.23. The number of nitrogens with zero attached hydrogens (tertiary/aromatic N) is 2. The topological polar surface area (TPSA) is 69.2 Å². The van der Waals surface area contributed by atoms with Gasteiger partial charge in [0.25, 0.3) is 0 Å². The first-order valence-corrected chi connectivity index (χ1v) is 12.5. The highest BCUT2D eigenvalue weighted by Gasteiger charge is 2.44. The maximum atomic E-state index is 11.7. The third-order valence-corrected chi connectivity index (χ3v) is 6.23. The van der Waals surface area contributed by atoms with E-state index >= 15 is 0 Å². The van der Waals surface area contributed by atoms with Crippen LogP contribution in [0.1, 0.15) is 18.7 Å². The molecule has 1 aliphatic rings. The minimum absolute atomic E-state index is 0.136. The summed E-state index contributed by atoms with van der Waals surface area (Å²) in [6.45, 7) is 6.28. The Morgan fingerprint density at radius 2 is 1.70 bits per heavy atom. The maximum absolute atomic E-state index is 11.7. The van der Waals surface area contributed by atoms with Crippen molar-refractivity contribution < 1.29 is 12.8 Å². The molecule has 0 atom stereocenters. The van der Waals surface area contributed by atoms with Gasteiger partial charge in [-0.05, 0) is 48.4 Å². The molecule has 5 nitrogen and oxygen atoms in total. The van der Waals surface area contributed by atoms with Crippen molar-refractivity contribution >= 4 is 34.1 Å². The predicted octanol–water partition coefficient (Wildman–Crippen LogP) is 2.49. The van der Waals surface area contributed by atoms with E-state index in [1.807, 2.05) is 0 Å². The molecule has 1 saturated heterocycles. The molecule has 0 radical (unpaired) electrons. The fourth-order valence-electron chi connectivity index (χ4n) is 2.37. The first-order valence-electron chi connectivity index (χ1n) is 6.51. The third kappa shape index (κ3) is 3.87. The number of aromatic nitrogens is 2. The summed E-state index contributed by atoms with van der Waals surface area (Å²) in [6, 6.07) is 0. The number of sulfone groups is 1. The van der Waals surface area contributed by atoms with E-state index in [0.29, 0.717) is 18.7 Å². The minimum atomic E-state index is -2.95. The molecule has 0 saturated carbocycles. The van der Waals surface area contributed by atoms with Crippen LogP contribution in [0.3, 0.4) is 0 Å². The normalized spacial score (nSPS) is 21.6. The van der Waals surface area contributed by atoms with Gasteiger partial charge in [0, 0.05) is 12.4 Å². The van der Waals surface area contributed by atoms with Crippen molar-refractivity contribution in [3.05, 3.63) is 22.7 Å². The van der Waals surface area contributed by atoms with Gasteiger partial charge in [0.2, 0.25) is 0 Å². The predicted molar refractivity (Wildman–Crippen MR) is 83.7 cm³/mol. The molecule has 1 aliphatic heterocycles. The van der Waals surface area contributed by atoms with E-state index in [0.717, 1.165) is 4.47 Å². The third-order valence-electron chi connectivity index (χ3n) is 3.16. The molecule has 0 spiro atoms. The van der Waals surface area contributed by atoms with Gasteiger partial charge >= 0.3 is 0 Å². The molecule has 2 heterocycles. The van der Waals surface area contributed by atoms with Crippen molar-refractivity contribution in [2.24, 2.45) is 0 Å². The van der Waals surface area contributed by atoms with Crippen molar-refractivity contribution in [2.45, 2.75) is 38.1 Å². The second-order valence-corrected chi connectivity index (χ2v) is 13.7. The molecule has 0 unspecified atom stereocenters. The van der Waals surface area contributed by atoms with Gasteiger partial charge in [-0.25, -0.2) is 18.4 Å². The Labute approximate surface area is 129 Å². The van der Waals surface area contributed by atoms with E-state index in [4.69, 9.17) is 4.43 Å². The number of rotatable bonds is 3. The zero-order valence-electron chi connectivity index (χ0n) is 11.9. The zero-order chi connectivity index (χ0) is 15.0. The number of hydrogen-bond donors (Lipinski definition) is 0. The average molecular weight is 379 g/mol. The van der Waals surface area contributed by atoms with Gasteiger partial charge in [-0.3, -0.25) is 0 Å². The van der Waals surface area contributed by atoms with Crippen LogP contribution < -0.4 is 0 Å². The van der Waals surface area contributed by atoms with Crippen LogP contribution >= 0.6 is 15.9 Å². The molecule has 0 amide bonds. The highest BCUT2D eigenvalue weighted by molar-refractivity contribution is 9.10. The first kappa shape index (κ1) is 16.1. The van der Waals surface area contributed by atoms with E-state index < -0.39 is 23.8 Å². The molecule has 2 rings (SSSR count). The lowest BCUT2D eigenvalue weighted by atomic mass is 9.96. The smallest absolute Gasteiger partial charge is 0.185 e. The molecule has 0 aromatic carbocycles. The van der Waals surface area contributed by atoms with Crippen molar-refractivity contribution in [3.63, 3.8) is 0 Å². The molecular formula is C12H19BrN2O3SSi. The molecule has 1 aromatic rings. The van der Waals surface area contributed by atoms with Gasteiger partial charge in [0.15, 0.2) is 24.0 Å². The van der Waals surface area contributed by atoms with Crippen LogP contribution in [0.5, 0.6) is 0 Å². The van der Waals surface area contributed by atoms with E-state index in [1.165, 1.54) is 0 Å². The molecule has 0 aliphatic carbocycles. The van der Waals surface area contributed by atoms with Crippen molar-refractivity contribution in [3.8, 4) is 0 Å². The monoisotopic (exact) mass is 378 g/mol. The molecular weight excluding hydrogens is 360 g/mol. The van der Waals surface area contributed by atoms with Crippen LogP contribution in [0, 0.1) is 0 Å². The summed E-state index contributed by atoms with van der Waals surface area (Å²) in [5, 5.41) is 0. The SMILES string of the molecule is C[Si](C)(C)OC1(c2ncc(Br)cn2)CCS(=O)(=O)CC1. The zero-order valence-corrected chi connectivity index (χ0v) is 15.3. The lowest BCUT2D eigenvalue weighted by molar-refractivity contribution is 0.0374. The Kier molecular flexibility index (Phi) is 4.39. The van der Waals surface area contributed by atoms with Gasteiger partial charge in [0.05, 0.1) is 16.0 Å². The van der Waals surface area contributed by atoms with E-state index in [2.05, 4.69) is 45.5 Å². The lowest BCUT2D eigenvalue weighted by Crippen LogP contribution is -2.46. The fraction of sp³-hybridized carbons (Fsp3) is 0.667. The van der Waals surface area contributed by atoms with Crippen molar-refractivity contribution in [1.29, 1.82) is 0 Å². The minimum Gasteiger partial charge on any atom is -0.405 e. The Morgan fingerprint density at radius 1 is 1.20 bits per heavy atom. The largest absolute Gasteiger partial charge is 0.405 e. The Balaban J connectivity index is 2.37. The van der Waals surface area contributed by atoms with E-state index in [-0.39, 0.29) is 11.5 Å². The van der Waals surface area contributed by atoms with Crippen LogP contribution in [-0.4, -0.2) is 38.2 Å². The average Bonchev–Trinajstić information content (AvgIpc) is 2.32. The van der Waals surface area contributed by atoms with Crippen molar-refractivity contribution in [1.82, 2.24) is 9.97 Å². The summed E-state index contributed by atoms with van der Waals surface area (Å²) in [4.78, 5) is 8.70. The second kappa shape index (κ2) is 5.47. The van der Waals surface area contributed by atoms with E-state index in [1.54, 1.807) is 12.4 Å². The number of hydrogen-bond acceptors (Lipinski definition) is 5. The van der Waals surface area contributed by atoms with Crippen LogP contribution in [0.2, 0.25) is 19.6 Å². The number of halogens is 1. The summed E-state index contributed by atoms with van der Waals surface area (Å²) in [7, 11) is -4.80. The van der Waals surface area contributed by atoms with Crippen LogP contribution in [-0.2, 0) is 19.9 Å². The Hall–Kier alpha value is -0.313. The first-order chi connectivity index (χ1) is 9.12. The highest BCUT2D eigenvalue weighted by atomic mass is 79.9. The highest BCUT2D eigenvalue weighted by Crippen LogP contribution is 2.38. The molecule has 1 fully saturated rings.